The van der Waals surface area contributed by atoms with E-state index in [0.717, 1.165) is 5.56 Å². The number of ketones is 1. The molecule has 1 heterocycles. The Morgan fingerprint density at radius 3 is 2.72 bits per heavy atom. The number of aliphatic hydroxyl groups is 1. The molecule has 25 heavy (non-hydrogen) atoms. The lowest BCUT2D eigenvalue weighted by Crippen LogP contribution is -2.54. The molecular weight excluding hydrogens is 320 g/mol. The van der Waals surface area contributed by atoms with Crippen LogP contribution in [-0.2, 0) is 9.53 Å². The molecule has 2 aliphatic rings. The molecule has 5 nitrogen and oxygen atoms in total. The Labute approximate surface area is 147 Å². The van der Waals surface area contributed by atoms with Gasteiger partial charge in [-0.2, -0.15) is 0 Å². The number of fused-ring (bicyclic) bond motifs is 1. The van der Waals surface area contributed by atoms with Crippen LogP contribution in [0.1, 0.15) is 31.4 Å². The van der Waals surface area contributed by atoms with E-state index >= 15 is 0 Å². The average Bonchev–Trinajstić information content (AvgIpc) is 2.85. The van der Waals surface area contributed by atoms with E-state index in [1.54, 1.807) is 26.4 Å². The van der Waals surface area contributed by atoms with Crippen molar-refractivity contribution in [2.45, 2.75) is 31.7 Å². The third-order valence-electron chi connectivity index (χ3n) is 5.63. The van der Waals surface area contributed by atoms with Crippen molar-refractivity contribution < 1.29 is 24.1 Å². The van der Waals surface area contributed by atoms with Crippen LogP contribution in [-0.4, -0.2) is 30.9 Å². The molecule has 0 bridgehead atoms. The van der Waals surface area contributed by atoms with Crippen LogP contribution in [0.3, 0.4) is 0 Å². The summed E-state index contributed by atoms with van der Waals surface area (Å²) in [6.07, 6.45) is 5.58. The molecule has 0 aromatic heterocycles. The summed E-state index contributed by atoms with van der Waals surface area (Å²) < 4.78 is 16.7. The minimum absolute atomic E-state index is 0.0949. The molecule has 0 amide bonds. The lowest BCUT2D eigenvalue weighted by atomic mass is 9.62. The molecule has 4 atom stereocenters. The highest BCUT2D eigenvalue weighted by atomic mass is 16.6. The number of rotatable bonds is 5. The SMILES string of the molecule is C=CC[C@@]12CC=CC(=O)[C@]1(O)O[C@@H](c1ccc(OC)c(OC)c1)[C@@H]2C. The third kappa shape index (κ3) is 2.41. The fraction of sp³-hybridized carbons (Fsp3) is 0.450. The Balaban J connectivity index is 2.06. The van der Waals surface area contributed by atoms with Crippen LogP contribution in [0.4, 0.5) is 0 Å². The molecule has 1 aromatic rings. The van der Waals surface area contributed by atoms with Crippen molar-refractivity contribution in [1.29, 1.82) is 0 Å². The summed E-state index contributed by atoms with van der Waals surface area (Å²) in [4.78, 5) is 12.5. The zero-order valence-electron chi connectivity index (χ0n) is 14.8. The van der Waals surface area contributed by atoms with Crippen molar-refractivity contribution in [2.75, 3.05) is 14.2 Å². The van der Waals surface area contributed by atoms with Gasteiger partial charge in [-0.3, -0.25) is 4.79 Å². The quantitative estimate of drug-likeness (QED) is 0.831. The number of ether oxygens (including phenoxy) is 3. The van der Waals surface area contributed by atoms with Crippen molar-refractivity contribution in [1.82, 2.24) is 0 Å². The number of carbonyl (C=O) groups is 1. The van der Waals surface area contributed by atoms with E-state index < -0.39 is 23.1 Å². The highest BCUT2D eigenvalue weighted by molar-refractivity contribution is 5.97. The molecule has 0 saturated carbocycles. The van der Waals surface area contributed by atoms with E-state index in [0.29, 0.717) is 24.3 Å². The van der Waals surface area contributed by atoms with Crippen molar-refractivity contribution >= 4 is 5.78 Å². The summed E-state index contributed by atoms with van der Waals surface area (Å²) in [5.41, 5.74) is 0.113. The monoisotopic (exact) mass is 344 g/mol. The number of benzene rings is 1. The summed E-state index contributed by atoms with van der Waals surface area (Å²) in [6.45, 7) is 5.82. The van der Waals surface area contributed by atoms with Crippen molar-refractivity contribution in [3.8, 4) is 11.5 Å². The van der Waals surface area contributed by atoms with Gasteiger partial charge in [0.25, 0.3) is 0 Å². The highest BCUT2D eigenvalue weighted by Gasteiger charge is 2.66. The molecule has 1 N–H and O–H groups in total. The second-order valence-electron chi connectivity index (χ2n) is 6.71. The van der Waals surface area contributed by atoms with E-state index in [2.05, 4.69) is 6.58 Å². The predicted octanol–water partition coefficient (Wildman–Crippen LogP) is 3.19. The smallest absolute Gasteiger partial charge is 0.237 e. The summed E-state index contributed by atoms with van der Waals surface area (Å²) in [5, 5.41) is 11.2. The van der Waals surface area contributed by atoms with E-state index in [4.69, 9.17) is 14.2 Å². The van der Waals surface area contributed by atoms with Crippen LogP contribution < -0.4 is 9.47 Å². The minimum Gasteiger partial charge on any atom is -0.493 e. The van der Waals surface area contributed by atoms with Gasteiger partial charge in [0.1, 0.15) is 0 Å². The largest absolute Gasteiger partial charge is 0.493 e. The standard InChI is InChI=1S/C20H24O5/c1-5-10-19-11-6-7-17(21)20(19,22)25-18(13(19)2)14-8-9-15(23-3)16(12-14)24-4/h5-9,12-13,18,22H,1,10-11H2,2-4H3/t13-,18+,19-,20-/m0/s1. The van der Waals surface area contributed by atoms with Crippen molar-refractivity contribution in [3.63, 3.8) is 0 Å². The molecule has 0 radical (unpaired) electrons. The maximum Gasteiger partial charge on any atom is 0.237 e. The summed E-state index contributed by atoms with van der Waals surface area (Å²) >= 11 is 0. The zero-order chi connectivity index (χ0) is 18.2. The average molecular weight is 344 g/mol. The van der Waals surface area contributed by atoms with Crippen LogP contribution in [0.25, 0.3) is 0 Å². The fourth-order valence-corrected chi connectivity index (χ4v) is 4.17. The van der Waals surface area contributed by atoms with Gasteiger partial charge in [-0.1, -0.05) is 25.1 Å². The van der Waals surface area contributed by atoms with Gasteiger partial charge in [0, 0.05) is 5.41 Å². The first-order valence-electron chi connectivity index (χ1n) is 8.37. The Bertz CT molecular complexity index is 725. The minimum atomic E-state index is -1.84. The number of methoxy groups -OCH3 is 2. The molecule has 0 spiro atoms. The first-order valence-corrected chi connectivity index (χ1v) is 8.37. The topological polar surface area (TPSA) is 65.0 Å². The molecule has 1 aromatic carbocycles. The van der Waals surface area contributed by atoms with Crippen LogP contribution in [0, 0.1) is 11.3 Å². The van der Waals surface area contributed by atoms with Gasteiger partial charge in [-0.15, -0.1) is 6.58 Å². The molecule has 1 fully saturated rings. The van der Waals surface area contributed by atoms with Gasteiger partial charge >= 0.3 is 0 Å². The van der Waals surface area contributed by atoms with Crippen LogP contribution in [0.5, 0.6) is 11.5 Å². The van der Waals surface area contributed by atoms with Crippen molar-refractivity contribution in [3.05, 3.63) is 48.6 Å². The van der Waals surface area contributed by atoms with Gasteiger partial charge in [-0.25, -0.2) is 0 Å². The number of hydrogen-bond acceptors (Lipinski definition) is 5. The van der Waals surface area contributed by atoms with Crippen LogP contribution in [0.15, 0.2) is 43.0 Å². The summed E-state index contributed by atoms with van der Waals surface area (Å²) in [7, 11) is 3.15. The van der Waals surface area contributed by atoms with Gasteiger partial charge in [0.2, 0.25) is 11.6 Å². The maximum absolute atomic E-state index is 12.5. The molecule has 134 valence electrons. The lowest BCUT2D eigenvalue weighted by molar-refractivity contribution is -0.229. The normalized spacial score (nSPS) is 33.8. The maximum atomic E-state index is 12.5. The molecule has 1 aliphatic carbocycles. The lowest BCUT2D eigenvalue weighted by Gasteiger charge is -2.42. The number of carbonyl (C=O) groups excluding carboxylic acids is 1. The Morgan fingerprint density at radius 1 is 1.36 bits per heavy atom. The fourth-order valence-electron chi connectivity index (χ4n) is 4.17. The highest BCUT2D eigenvalue weighted by Crippen LogP contribution is 2.61. The van der Waals surface area contributed by atoms with Gasteiger partial charge in [-0.05, 0) is 42.5 Å². The summed E-state index contributed by atoms with van der Waals surface area (Å²) in [5.74, 6) is -1.14. The number of allylic oxidation sites excluding steroid dienone is 2. The first-order chi connectivity index (χ1) is 11.9. The summed E-state index contributed by atoms with van der Waals surface area (Å²) in [6, 6.07) is 5.51. The Kier molecular flexibility index (Phi) is 4.47. The molecule has 0 unspecified atom stereocenters. The third-order valence-corrected chi connectivity index (χ3v) is 5.63. The molecule has 1 saturated heterocycles. The van der Waals surface area contributed by atoms with Gasteiger partial charge < -0.3 is 19.3 Å². The van der Waals surface area contributed by atoms with Crippen LogP contribution >= 0.6 is 0 Å². The molecule has 5 heteroatoms. The molecule has 3 rings (SSSR count). The number of hydrogen-bond donors (Lipinski definition) is 1. The Hall–Kier alpha value is -2.11. The zero-order valence-corrected chi connectivity index (χ0v) is 14.8. The Morgan fingerprint density at radius 2 is 2.08 bits per heavy atom. The van der Waals surface area contributed by atoms with Gasteiger partial charge in [0.15, 0.2) is 11.5 Å². The van der Waals surface area contributed by atoms with E-state index in [1.807, 2.05) is 25.1 Å². The predicted molar refractivity (Wildman–Crippen MR) is 93.5 cm³/mol. The second-order valence-corrected chi connectivity index (χ2v) is 6.71. The first kappa shape index (κ1) is 17.7. The molecule has 1 aliphatic heterocycles. The molecular formula is C20H24O5. The van der Waals surface area contributed by atoms with E-state index in [-0.39, 0.29) is 5.92 Å². The van der Waals surface area contributed by atoms with E-state index in [9.17, 15) is 9.90 Å². The second kappa shape index (κ2) is 6.32. The van der Waals surface area contributed by atoms with Crippen LogP contribution in [0.2, 0.25) is 0 Å². The van der Waals surface area contributed by atoms with Crippen molar-refractivity contribution in [2.24, 2.45) is 11.3 Å². The van der Waals surface area contributed by atoms with E-state index in [1.165, 1.54) is 6.08 Å². The van der Waals surface area contributed by atoms with Gasteiger partial charge in [0.05, 0.1) is 20.3 Å².